The highest BCUT2D eigenvalue weighted by atomic mass is 16.5. The van der Waals surface area contributed by atoms with Gasteiger partial charge in [0.15, 0.2) is 5.78 Å². The Labute approximate surface area is 154 Å². The quantitative estimate of drug-likeness (QED) is 0.701. The van der Waals surface area contributed by atoms with Crippen LogP contribution in [0.15, 0.2) is 24.3 Å². The van der Waals surface area contributed by atoms with Crippen molar-refractivity contribution < 1.29 is 19.1 Å². The van der Waals surface area contributed by atoms with Gasteiger partial charge in [0.25, 0.3) is 0 Å². The number of hydrogen-bond donors (Lipinski definition) is 0. The second-order valence-electron chi connectivity index (χ2n) is 6.86. The normalized spacial score (nSPS) is 17.1. The Balaban J connectivity index is 1.42. The van der Waals surface area contributed by atoms with Gasteiger partial charge in [0.2, 0.25) is 11.8 Å². The minimum absolute atomic E-state index is 0.0113. The fourth-order valence-corrected chi connectivity index (χ4v) is 3.19. The molecule has 2 fully saturated rings. The minimum atomic E-state index is -0.0380. The summed E-state index contributed by atoms with van der Waals surface area (Å²) >= 11 is 0. The predicted molar refractivity (Wildman–Crippen MR) is 97.1 cm³/mol. The van der Waals surface area contributed by atoms with Crippen LogP contribution in [0.5, 0.6) is 5.75 Å². The molecule has 1 aromatic carbocycles. The Hall–Kier alpha value is -2.37. The molecule has 2 amide bonds. The fraction of sp³-hybridized carbons (Fsp3) is 0.550. The lowest BCUT2D eigenvalue weighted by Crippen LogP contribution is -2.51. The zero-order valence-corrected chi connectivity index (χ0v) is 15.3. The van der Waals surface area contributed by atoms with Crippen LogP contribution >= 0.6 is 0 Å². The Bertz CT molecular complexity index is 659. The highest BCUT2D eigenvalue weighted by Crippen LogP contribution is 2.31. The van der Waals surface area contributed by atoms with Gasteiger partial charge in [-0.25, -0.2) is 0 Å². The van der Waals surface area contributed by atoms with Crippen LogP contribution in [0.3, 0.4) is 0 Å². The molecular formula is C20H26N2O4. The number of hydrogen-bond acceptors (Lipinski definition) is 4. The van der Waals surface area contributed by atoms with Crippen LogP contribution in [0, 0.1) is 5.92 Å². The molecule has 0 aromatic heterocycles. The number of ether oxygens (including phenoxy) is 1. The molecule has 1 heterocycles. The lowest BCUT2D eigenvalue weighted by atomic mass is 10.1. The molecule has 0 atom stereocenters. The number of piperazine rings is 1. The first-order valence-electron chi connectivity index (χ1n) is 9.41. The van der Waals surface area contributed by atoms with E-state index in [1.54, 1.807) is 29.2 Å². The van der Waals surface area contributed by atoms with Crippen molar-refractivity contribution in [2.24, 2.45) is 5.92 Å². The summed E-state index contributed by atoms with van der Waals surface area (Å²) < 4.78 is 5.36. The van der Waals surface area contributed by atoms with Crippen LogP contribution in [-0.4, -0.2) is 60.2 Å². The monoisotopic (exact) mass is 358 g/mol. The lowest BCUT2D eigenvalue weighted by Gasteiger charge is -2.35. The van der Waals surface area contributed by atoms with Crippen molar-refractivity contribution in [1.82, 2.24) is 9.80 Å². The number of amides is 2. The summed E-state index contributed by atoms with van der Waals surface area (Å²) in [6.45, 7) is 4.83. The van der Waals surface area contributed by atoms with E-state index in [1.807, 2.05) is 11.8 Å². The summed E-state index contributed by atoms with van der Waals surface area (Å²) in [4.78, 5) is 40.3. The molecular weight excluding hydrogens is 332 g/mol. The maximum Gasteiger partial charge on any atom is 0.225 e. The molecule has 2 aliphatic rings. The number of benzene rings is 1. The molecule has 1 aromatic rings. The van der Waals surface area contributed by atoms with Crippen molar-refractivity contribution in [3.05, 3.63) is 29.8 Å². The SMILES string of the molecule is CCOc1ccc(C(=O)CCC(=O)N2CCN(C(=O)C3CC3)CC2)cc1. The summed E-state index contributed by atoms with van der Waals surface area (Å²) in [5.41, 5.74) is 0.598. The van der Waals surface area contributed by atoms with Gasteiger partial charge >= 0.3 is 0 Å². The fourth-order valence-electron chi connectivity index (χ4n) is 3.19. The Kier molecular flexibility index (Phi) is 5.91. The van der Waals surface area contributed by atoms with Gasteiger partial charge in [-0.3, -0.25) is 14.4 Å². The average Bonchev–Trinajstić information content (AvgIpc) is 3.51. The highest BCUT2D eigenvalue weighted by Gasteiger charge is 2.35. The van der Waals surface area contributed by atoms with E-state index in [0.29, 0.717) is 38.3 Å². The number of carbonyl (C=O) groups is 3. The smallest absolute Gasteiger partial charge is 0.225 e. The van der Waals surface area contributed by atoms with Crippen LogP contribution in [0.4, 0.5) is 0 Å². The first-order valence-corrected chi connectivity index (χ1v) is 9.41. The van der Waals surface area contributed by atoms with Gasteiger partial charge in [0.05, 0.1) is 6.61 Å². The zero-order valence-electron chi connectivity index (χ0n) is 15.3. The van der Waals surface area contributed by atoms with E-state index in [9.17, 15) is 14.4 Å². The molecule has 26 heavy (non-hydrogen) atoms. The molecule has 140 valence electrons. The Morgan fingerprint density at radius 3 is 2.15 bits per heavy atom. The van der Waals surface area contributed by atoms with Gasteiger partial charge < -0.3 is 14.5 Å². The van der Waals surface area contributed by atoms with Crippen molar-refractivity contribution in [2.75, 3.05) is 32.8 Å². The summed E-state index contributed by atoms with van der Waals surface area (Å²) in [7, 11) is 0. The second-order valence-corrected chi connectivity index (χ2v) is 6.86. The standard InChI is InChI=1S/C20H26N2O4/c1-2-26-17-7-5-15(6-8-17)18(23)9-10-19(24)21-11-13-22(14-12-21)20(25)16-3-4-16/h5-8,16H,2-4,9-14H2,1H3. The number of nitrogens with zero attached hydrogens (tertiary/aromatic N) is 2. The van der Waals surface area contributed by atoms with Crippen LogP contribution in [0.2, 0.25) is 0 Å². The molecule has 0 radical (unpaired) electrons. The van der Waals surface area contributed by atoms with E-state index in [4.69, 9.17) is 4.74 Å². The summed E-state index contributed by atoms with van der Waals surface area (Å²) in [6, 6.07) is 7.02. The van der Waals surface area contributed by atoms with Crippen molar-refractivity contribution in [1.29, 1.82) is 0 Å². The highest BCUT2D eigenvalue weighted by molar-refractivity contribution is 5.98. The number of Topliss-reactive ketones (excluding diaryl/α,β-unsaturated/α-hetero) is 1. The number of rotatable bonds is 7. The topological polar surface area (TPSA) is 66.9 Å². The van der Waals surface area contributed by atoms with Gasteiger partial charge in [-0.15, -0.1) is 0 Å². The van der Waals surface area contributed by atoms with Gasteiger partial charge in [0, 0.05) is 50.5 Å². The van der Waals surface area contributed by atoms with Crippen LogP contribution in [0.1, 0.15) is 43.0 Å². The van der Waals surface area contributed by atoms with Gasteiger partial charge in [-0.05, 0) is 44.0 Å². The molecule has 6 nitrogen and oxygen atoms in total. The molecule has 1 aliphatic heterocycles. The maximum atomic E-state index is 12.3. The van der Waals surface area contributed by atoms with Gasteiger partial charge in [0.1, 0.15) is 5.75 Å². The number of carbonyl (C=O) groups excluding carboxylic acids is 3. The molecule has 0 unspecified atom stereocenters. The summed E-state index contributed by atoms with van der Waals surface area (Å²) in [5.74, 6) is 1.15. The minimum Gasteiger partial charge on any atom is -0.494 e. The molecule has 1 saturated carbocycles. The third kappa shape index (κ3) is 4.62. The van der Waals surface area contributed by atoms with Crippen molar-refractivity contribution >= 4 is 17.6 Å². The number of ketones is 1. The van der Waals surface area contributed by atoms with Crippen molar-refractivity contribution in [3.8, 4) is 5.75 Å². The van der Waals surface area contributed by atoms with E-state index < -0.39 is 0 Å². The van der Waals surface area contributed by atoms with Crippen LogP contribution in [0.25, 0.3) is 0 Å². The van der Waals surface area contributed by atoms with E-state index in [0.717, 1.165) is 18.6 Å². The molecule has 6 heteroatoms. The van der Waals surface area contributed by atoms with Crippen LogP contribution < -0.4 is 4.74 Å². The Morgan fingerprint density at radius 2 is 1.58 bits per heavy atom. The molecule has 0 spiro atoms. The van der Waals surface area contributed by atoms with Gasteiger partial charge in [-0.1, -0.05) is 0 Å². The first-order chi connectivity index (χ1) is 12.6. The Morgan fingerprint density at radius 1 is 0.962 bits per heavy atom. The summed E-state index contributed by atoms with van der Waals surface area (Å²) in [5, 5.41) is 0. The molecule has 0 bridgehead atoms. The molecule has 1 aliphatic carbocycles. The molecule has 3 rings (SSSR count). The third-order valence-corrected chi connectivity index (χ3v) is 4.92. The molecule has 1 saturated heterocycles. The molecule has 0 N–H and O–H groups in total. The lowest BCUT2D eigenvalue weighted by molar-refractivity contribution is -0.140. The van der Waals surface area contributed by atoms with E-state index in [1.165, 1.54) is 0 Å². The predicted octanol–water partition coefficient (Wildman–Crippen LogP) is 2.13. The van der Waals surface area contributed by atoms with Crippen LogP contribution in [-0.2, 0) is 9.59 Å². The largest absolute Gasteiger partial charge is 0.494 e. The zero-order chi connectivity index (χ0) is 18.5. The third-order valence-electron chi connectivity index (χ3n) is 4.92. The van der Waals surface area contributed by atoms with E-state index in [-0.39, 0.29) is 36.4 Å². The van der Waals surface area contributed by atoms with E-state index in [2.05, 4.69) is 0 Å². The summed E-state index contributed by atoms with van der Waals surface area (Å²) in [6.07, 6.45) is 2.42. The van der Waals surface area contributed by atoms with Crippen molar-refractivity contribution in [2.45, 2.75) is 32.6 Å². The average molecular weight is 358 g/mol. The van der Waals surface area contributed by atoms with Gasteiger partial charge in [-0.2, -0.15) is 0 Å². The van der Waals surface area contributed by atoms with E-state index >= 15 is 0 Å². The van der Waals surface area contributed by atoms with Crippen molar-refractivity contribution in [3.63, 3.8) is 0 Å². The first kappa shape index (κ1) is 18.4. The second kappa shape index (κ2) is 8.34. The maximum absolute atomic E-state index is 12.3.